The summed E-state index contributed by atoms with van der Waals surface area (Å²) < 4.78 is 10.5. The largest absolute Gasteiger partial charge is 0.457 e. The molecule has 0 saturated heterocycles. The highest BCUT2D eigenvalue weighted by Gasteiger charge is 2.15. The van der Waals surface area contributed by atoms with Gasteiger partial charge in [0.25, 0.3) is 0 Å². The van der Waals surface area contributed by atoms with Crippen LogP contribution in [0.2, 0.25) is 0 Å². The quantitative estimate of drug-likeness (QED) is 0.823. The zero-order valence-corrected chi connectivity index (χ0v) is 10.5. The minimum absolute atomic E-state index is 0.268. The first-order valence-electron chi connectivity index (χ1n) is 5.93. The molecule has 1 N–H and O–H groups in total. The maximum absolute atomic E-state index is 12.0. The number of aromatic amines is 1. The van der Waals surface area contributed by atoms with Crippen LogP contribution in [-0.4, -0.2) is 35.5 Å². The molecule has 5 nitrogen and oxygen atoms in total. The lowest BCUT2D eigenvalue weighted by Crippen LogP contribution is -2.20. The summed E-state index contributed by atoms with van der Waals surface area (Å²) in [5.74, 6) is -0.364. The fourth-order valence-electron chi connectivity index (χ4n) is 1.70. The van der Waals surface area contributed by atoms with Crippen LogP contribution >= 0.6 is 0 Å². The van der Waals surface area contributed by atoms with Crippen molar-refractivity contribution in [2.75, 3.05) is 13.2 Å². The fourth-order valence-corrected chi connectivity index (χ4v) is 1.70. The molecule has 0 unspecified atom stereocenters. The third-order valence-electron chi connectivity index (χ3n) is 2.56. The van der Waals surface area contributed by atoms with E-state index in [4.69, 9.17) is 9.47 Å². The van der Waals surface area contributed by atoms with E-state index < -0.39 is 0 Å². The monoisotopic (exact) mass is 248 g/mol. The zero-order chi connectivity index (χ0) is 13.0. The summed E-state index contributed by atoms with van der Waals surface area (Å²) in [6, 6.07) is 5.41. The van der Waals surface area contributed by atoms with Gasteiger partial charge in [0, 0.05) is 12.0 Å². The Balaban J connectivity index is 2.11. The molecule has 0 saturated carbocycles. The number of rotatable bonds is 5. The van der Waals surface area contributed by atoms with Crippen LogP contribution in [-0.2, 0) is 9.47 Å². The smallest absolute Gasteiger partial charge is 0.340 e. The van der Waals surface area contributed by atoms with E-state index >= 15 is 0 Å². The van der Waals surface area contributed by atoms with Gasteiger partial charge in [0.15, 0.2) is 0 Å². The molecule has 96 valence electrons. The maximum Gasteiger partial charge on any atom is 0.340 e. The molecule has 0 radical (unpaired) electrons. The minimum Gasteiger partial charge on any atom is -0.457 e. The first kappa shape index (κ1) is 12.6. The number of benzene rings is 1. The summed E-state index contributed by atoms with van der Waals surface area (Å²) in [7, 11) is 0. The third-order valence-corrected chi connectivity index (χ3v) is 2.56. The number of hydrogen-bond acceptors (Lipinski definition) is 4. The Hall–Kier alpha value is -1.88. The van der Waals surface area contributed by atoms with E-state index in [-0.39, 0.29) is 12.1 Å². The molecule has 1 heterocycles. The molecule has 0 aliphatic heterocycles. The number of nitrogens with zero attached hydrogens (tertiary/aromatic N) is 1. The van der Waals surface area contributed by atoms with Crippen LogP contribution in [0, 0.1) is 0 Å². The topological polar surface area (TPSA) is 64.2 Å². The van der Waals surface area contributed by atoms with Crippen LogP contribution in [0.5, 0.6) is 0 Å². The number of ether oxygens (including phenoxy) is 2. The minimum atomic E-state index is -0.364. The third kappa shape index (κ3) is 2.68. The van der Waals surface area contributed by atoms with Gasteiger partial charge in [0.1, 0.15) is 6.10 Å². The summed E-state index contributed by atoms with van der Waals surface area (Å²) >= 11 is 0. The van der Waals surface area contributed by atoms with Gasteiger partial charge >= 0.3 is 5.97 Å². The van der Waals surface area contributed by atoms with Gasteiger partial charge in [0.2, 0.25) is 0 Å². The normalized spacial score (nSPS) is 12.6. The Bertz CT molecular complexity index is 536. The maximum atomic E-state index is 12.0. The lowest BCUT2D eigenvalue weighted by molar-refractivity contribution is 0.00456. The molecule has 2 rings (SSSR count). The van der Waals surface area contributed by atoms with Crippen LogP contribution in [0.3, 0.4) is 0 Å². The van der Waals surface area contributed by atoms with E-state index in [1.807, 2.05) is 19.1 Å². The van der Waals surface area contributed by atoms with Crippen molar-refractivity contribution in [3.8, 4) is 0 Å². The molecule has 0 bridgehead atoms. The Labute approximate surface area is 105 Å². The predicted octanol–water partition coefficient (Wildman–Crippen LogP) is 2.14. The van der Waals surface area contributed by atoms with Gasteiger partial charge in [-0.05, 0) is 19.9 Å². The number of aromatic nitrogens is 2. The van der Waals surface area contributed by atoms with E-state index in [0.29, 0.717) is 24.3 Å². The molecular weight excluding hydrogens is 232 g/mol. The second-order valence-electron chi connectivity index (χ2n) is 4.02. The van der Waals surface area contributed by atoms with Crippen LogP contribution in [0.25, 0.3) is 10.9 Å². The zero-order valence-electron chi connectivity index (χ0n) is 10.5. The molecular formula is C13H16N2O3. The number of nitrogens with one attached hydrogen (secondary N) is 1. The fraction of sp³-hybridized carbons (Fsp3) is 0.385. The number of hydrogen-bond donors (Lipinski definition) is 1. The second kappa shape index (κ2) is 5.64. The van der Waals surface area contributed by atoms with E-state index in [1.54, 1.807) is 19.2 Å². The van der Waals surface area contributed by atoms with Crippen molar-refractivity contribution in [1.29, 1.82) is 0 Å². The second-order valence-corrected chi connectivity index (χ2v) is 4.02. The Morgan fingerprint density at radius 3 is 3.11 bits per heavy atom. The van der Waals surface area contributed by atoms with Crippen molar-refractivity contribution >= 4 is 16.9 Å². The molecule has 0 aliphatic carbocycles. The molecule has 5 heteroatoms. The molecule has 0 aliphatic rings. The standard InChI is InChI=1S/C13H16N2O3/c1-3-17-8-9(2)18-13(16)11-6-4-5-10-7-14-15-12(10)11/h4-7,9H,3,8H2,1-2H3,(H,14,15)/t9-/m0/s1. The summed E-state index contributed by atoms with van der Waals surface area (Å²) in [6.45, 7) is 4.72. The highest BCUT2D eigenvalue weighted by atomic mass is 16.6. The van der Waals surface area contributed by atoms with Gasteiger partial charge in [-0.25, -0.2) is 4.79 Å². The summed E-state index contributed by atoms with van der Waals surface area (Å²) in [4.78, 5) is 12.0. The number of H-pyrrole nitrogens is 1. The summed E-state index contributed by atoms with van der Waals surface area (Å²) in [5, 5.41) is 7.61. The van der Waals surface area contributed by atoms with Crippen LogP contribution in [0.15, 0.2) is 24.4 Å². The highest BCUT2D eigenvalue weighted by molar-refractivity contribution is 6.02. The SMILES string of the molecule is CCOC[C@H](C)OC(=O)c1cccc2cn[nH]c12. The van der Waals surface area contributed by atoms with Gasteiger partial charge < -0.3 is 9.47 Å². The molecule has 1 aromatic heterocycles. The van der Waals surface area contributed by atoms with Gasteiger partial charge in [-0.15, -0.1) is 0 Å². The first-order chi connectivity index (χ1) is 8.72. The number of esters is 1. The van der Waals surface area contributed by atoms with Crippen molar-refractivity contribution < 1.29 is 14.3 Å². The average Bonchev–Trinajstić information content (AvgIpc) is 2.84. The molecule has 1 aromatic carbocycles. The van der Waals surface area contributed by atoms with Crippen molar-refractivity contribution in [2.24, 2.45) is 0 Å². The molecule has 2 aromatic rings. The molecule has 0 amide bonds. The van der Waals surface area contributed by atoms with Gasteiger partial charge in [0.05, 0.1) is 23.9 Å². The number of carbonyl (C=O) groups is 1. The van der Waals surface area contributed by atoms with Gasteiger partial charge in [-0.3, -0.25) is 5.10 Å². The summed E-state index contributed by atoms with van der Waals surface area (Å²) in [5.41, 5.74) is 1.19. The van der Waals surface area contributed by atoms with Gasteiger partial charge in [-0.1, -0.05) is 12.1 Å². The Morgan fingerprint density at radius 1 is 1.50 bits per heavy atom. The molecule has 0 spiro atoms. The molecule has 1 atom stereocenters. The number of para-hydroxylation sites is 1. The number of fused-ring (bicyclic) bond motifs is 1. The highest BCUT2D eigenvalue weighted by Crippen LogP contribution is 2.17. The lowest BCUT2D eigenvalue weighted by atomic mass is 10.1. The Morgan fingerprint density at radius 2 is 2.33 bits per heavy atom. The van der Waals surface area contributed by atoms with E-state index in [9.17, 15) is 4.79 Å². The van der Waals surface area contributed by atoms with Crippen LogP contribution in [0.4, 0.5) is 0 Å². The number of carbonyl (C=O) groups excluding carboxylic acids is 1. The Kier molecular flexibility index (Phi) is 3.94. The van der Waals surface area contributed by atoms with Gasteiger partial charge in [-0.2, -0.15) is 5.10 Å². The van der Waals surface area contributed by atoms with E-state index in [2.05, 4.69) is 10.2 Å². The average molecular weight is 248 g/mol. The van der Waals surface area contributed by atoms with Crippen LogP contribution < -0.4 is 0 Å². The first-order valence-corrected chi connectivity index (χ1v) is 5.93. The summed E-state index contributed by atoms with van der Waals surface area (Å²) in [6.07, 6.45) is 1.41. The molecule has 0 fully saturated rings. The van der Waals surface area contributed by atoms with E-state index in [1.165, 1.54) is 0 Å². The van der Waals surface area contributed by atoms with Crippen molar-refractivity contribution in [2.45, 2.75) is 20.0 Å². The van der Waals surface area contributed by atoms with Crippen molar-refractivity contribution in [3.63, 3.8) is 0 Å². The predicted molar refractivity (Wildman–Crippen MR) is 67.5 cm³/mol. The van der Waals surface area contributed by atoms with Crippen molar-refractivity contribution in [1.82, 2.24) is 10.2 Å². The van der Waals surface area contributed by atoms with E-state index in [0.717, 1.165) is 5.39 Å². The molecule has 18 heavy (non-hydrogen) atoms. The van der Waals surface area contributed by atoms with Crippen LogP contribution in [0.1, 0.15) is 24.2 Å². The lowest BCUT2D eigenvalue weighted by Gasteiger charge is -2.13. The van der Waals surface area contributed by atoms with Crippen molar-refractivity contribution in [3.05, 3.63) is 30.0 Å².